The van der Waals surface area contributed by atoms with Crippen molar-refractivity contribution in [2.24, 2.45) is 11.7 Å². The number of ether oxygens (including phenoxy) is 1. The van der Waals surface area contributed by atoms with Crippen molar-refractivity contribution in [3.05, 3.63) is 29.6 Å². The van der Waals surface area contributed by atoms with Crippen LogP contribution in [0, 0.1) is 11.7 Å². The molecule has 1 aliphatic carbocycles. The van der Waals surface area contributed by atoms with Crippen LogP contribution in [0.5, 0.6) is 5.75 Å². The topological polar surface area (TPSA) is 35.2 Å². The highest BCUT2D eigenvalue weighted by Crippen LogP contribution is 2.25. The number of rotatable bonds is 5. The summed E-state index contributed by atoms with van der Waals surface area (Å²) in [7, 11) is 0. The summed E-state index contributed by atoms with van der Waals surface area (Å²) in [6, 6.07) is 5.15. The molecule has 3 heteroatoms. The van der Waals surface area contributed by atoms with Gasteiger partial charge in [0.1, 0.15) is 0 Å². The van der Waals surface area contributed by atoms with Gasteiger partial charge in [0.05, 0.1) is 6.61 Å². The summed E-state index contributed by atoms with van der Waals surface area (Å²) >= 11 is 0. The fourth-order valence-electron chi connectivity index (χ4n) is 2.55. The summed E-state index contributed by atoms with van der Waals surface area (Å²) in [5.41, 5.74) is 6.38. The van der Waals surface area contributed by atoms with Crippen LogP contribution in [0.3, 0.4) is 0 Å². The average molecular weight is 251 g/mol. The minimum absolute atomic E-state index is 0.267. The molecular formula is C15H22FNO. The van der Waals surface area contributed by atoms with E-state index in [4.69, 9.17) is 10.5 Å². The summed E-state index contributed by atoms with van der Waals surface area (Å²) in [6.45, 7) is 1.19. The number of benzene rings is 1. The van der Waals surface area contributed by atoms with E-state index in [-0.39, 0.29) is 5.82 Å². The molecule has 1 fully saturated rings. The van der Waals surface area contributed by atoms with E-state index < -0.39 is 0 Å². The predicted molar refractivity (Wildman–Crippen MR) is 71.2 cm³/mol. The maximum atomic E-state index is 13.8. The van der Waals surface area contributed by atoms with E-state index in [1.54, 1.807) is 6.07 Å². The van der Waals surface area contributed by atoms with Crippen LogP contribution in [0.15, 0.2) is 18.2 Å². The maximum Gasteiger partial charge on any atom is 0.165 e. The lowest BCUT2D eigenvalue weighted by Crippen LogP contribution is -2.15. The minimum Gasteiger partial charge on any atom is -0.490 e. The smallest absolute Gasteiger partial charge is 0.165 e. The van der Waals surface area contributed by atoms with E-state index in [0.29, 0.717) is 31.2 Å². The number of hydrogen-bond acceptors (Lipinski definition) is 2. The van der Waals surface area contributed by atoms with E-state index >= 15 is 0 Å². The first-order chi connectivity index (χ1) is 8.79. The normalized spacial score (nSPS) is 16.8. The minimum atomic E-state index is -0.267. The molecule has 0 amide bonds. The van der Waals surface area contributed by atoms with Crippen molar-refractivity contribution in [2.45, 2.75) is 38.5 Å². The molecule has 2 rings (SSSR count). The Morgan fingerprint density at radius 3 is 2.67 bits per heavy atom. The molecule has 0 unspecified atom stereocenters. The molecule has 1 aromatic rings. The van der Waals surface area contributed by atoms with Gasteiger partial charge in [-0.1, -0.05) is 25.3 Å². The van der Waals surface area contributed by atoms with Crippen molar-refractivity contribution >= 4 is 0 Å². The summed E-state index contributed by atoms with van der Waals surface area (Å²) in [5, 5.41) is 0. The standard InChI is InChI=1S/C15H22FNO/c16-14-10-12(8-9-17)6-7-15(14)18-11-13-4-2-1-3-5-13/h6-7,10,13H,1-5,8-9,11,17H2. The lowest BCUT2D eigenvalue weighted by Gasteiger charge is -2.21. The second kappa shape index (κ2) is 6.74. The molecule has 0 atom stereocenters. The monoisotopic (exact) mass is 251 g/mol. The van der Waals surface area contributed by atoms with Crippen LogP contribution in [0.1, 0.15) is 37.7 Å². The van der Waals surface area contributed by atoms with Crippen LogP contribution in [0.4, 0.5) is 4.39 Å². The maximum absolute atomic E-state index is 13.8. The molecule has 0 heterocycles. The van der Waals surface area contributed by atoms with Gasteiger partial charge < -0.3 is 10.5 Å². The zero-order valence-corrected chi connectivity index (χ0v) is 10.8. The molecule has 0 aromatic heterocycles. The van der Waals surface area contributed by atoms with Crippen LogP contribution in [0.25, 0.3) is 0 Å². The van der Waals surface area contributed by atoms with Gasteiger partial charge in [-0.25, -0.2) is 4.39 Å². The largest absolute Gasteiger partial charge is 0.490 e. The fraction of sp³-hybridized carbons (Fsp3) is 0.600. The molecule has 2 nitrogen and oxygen atoms in total. The number of hydrogen-bond donors (Lipinski definition) is 1. The Morgan fingerprint density at radius 2 is 2.00 bits per heavy atom. The van der Waals surface area contributed by atoms with E-state index in [1.807, 2.05) is 6.07 Å². The highest BCUT2D eigenvalue weighted by Gasteiger charge is 2.15. The highest BCUT2D eigenvalue weighted by molar-refractivity contribution is 5.29. The Balaban J connectivity index is 1.88. The third-order valence-electron chi connectivity index (χ3n) is 3.63. The molecule has 0 radical (unpaired) electrons. The van der Waals surface area contributed by atoms with Gasteiger partial charge in [0.15, 0.2) is 11.6 Å². The van der Waals surface area contributed by atoms with Crippen LogP contribution < -0.4 is 10.5 Å². The molecule has 1 aromatic carbocycles. The highest BCUT2D eigenvalue weighted by atomic mass is 19.1. The van der Waals surface area contributed by atoms with Crippen molar-refractivity contribution in [1.29, 1.82) is 0 Å². The second-order valence-electron chi connectivity index (χ2n) is 5.12. The average Bonchev–Trinajstić information content (AvgIpc) is 2.39. The van der Waals surface area contributed by atoms with Crippen LogP contribution in [0.2, 0.25) is 0 Å². The summed E-state index contributed by atoms with van der Waals surface area (Å²) in [5.74, 6) is 0.708. The third-order valence-corrected chi connectivity index (χ3v) is 3.63. The lowest BCUT2D eigenvalue weighted by molar-refractivity contribution is 0.202. The zero-order chi connectivity index (χ0) is 12.8. The molecule has 2 N–H and O–H groups in total. The van der Waals surface area contributed by atoms with Crippen molar-refractivity contribution in [3.8, 4) is 5.75 Å². The summed E-state index contributed by atoms with van der Waals surface area (Å²) in [4.78, 5) is 0. The first-order valence-corrected chi connectivity index (χ1v) is 6.91. The Morgan fingerprint density at radius 1 is 1.22 bits per heavy atom. The summed E-state index contributed by atoms with van der Waals surface area (Å²) in [6.07, 6.45) is 7.04. The van der Waals surface area contributed by atoms with Gasteiger partial charge in [-0.2, -0.15) is 0 Å². The molecule has 1 saturated carbocycles. The SMILES string of the molecule is NCCc1ccc(OCC2CCCCC2)c(F)c1. The molecule has 1 aliphatic rings. The Hall–Kier alpha value is -1.09. The van der Waals surface area contributed by atoms with Gasteiger partial charge >= 0.3 is 0 Å². The van der Waals surface area contributed by atoms with E-state index in [0.717, 1.165) is 5.56 Å². The zero-order valence-electron chi connectivity index (χ0n) is 10.8. The van der Waals surface area contributed by atoms with Crippen molar-refractivity contribution in [2.75, 3.05) is 13.2 Å². The van der Waals surface area contributed by atoms with E-state index in [2.05, 4.69) is 0 Å². The molecule has 18 heavy (non-hydrogen) atoms. The Kier molecular flexibility index (Phi) is 5.00. The fourth-order valence-corrected chi connectivity index (χ4v) is 2.55. The molecule has 100 valence electrons. The van der Waals surface area contributed by atoms with Gasteiger partial charge in [-0.05, 0) is 49.4 Å². The lowest BCUT2D eigenvalue weighted by atomic mass is 9.90. The van der Waals surface area contributed by atoms with Gasteiger partial charge in [-0.15, -0.1) is 0 Å². The van der Waals surface area contributed by atoms with E-state index in [9.17, 15) is 4.39 Å². The van der Waals surface area contributed by atoms with Gasteiger partial charge in [0.2, 0.25) is 0 Å². The molecule has 0 bridgehead atoms. The van der Waals surface area contributed by atoms with Crippen molar-refractivity contribution < 1.29 is 9.13 Å². The van der Waals surface area contributed by atoms with E-state index in [1.165, 1.54) is 38.2 Å². The van der Waals surface area contributed by atoms with Crippen LogP contribution in [-0.4, -0.2) is 13.2 Å². The Bertz CT molecular complexity index is 375. The van der Waals surface area contributed by atoms with Gasteiger partial charge in [0, 0.05) is 0 Å². The first-order valence-electron chi connectivity index (χ1n) is 6.91. The predicted octanol–water partition coefficient (Wildman–Crippen LogP) is 3.29. The third kappa shape index (κ3) is 3.70. The van der Waals surface area contributed by atoms with Gasteiger partial charge in [-0.3, -0.25) is 0 Å². The van der Waals surface area contributed by atoms with Crippen LogP contribution >= 0.6 is 0 Å². The van der Waals surface area contributed by atoms with Gasteiger partial charge in [0.25, 0.3) is 0 Å². The molecule has 0 saturated heterocycles. The number of nitrogens with two attached hydrogens (primary N) is 1. The molecule has 0 aliphatic heterocycles. The summed E-state index contributed by atoms with van der Waals surface area (Å²) < 4.78 is 19.4. The second-order valence-corrected chi connectivity index (χ2v) is 5.12. The molecule has 0 spiro atoms. The number of halogens is 1. The Labute approximate surface area is 108 Å². The van der Waals surface area contributed by atoms with Crippen molar-refractivity contribution in [3.63, 3.8) is 0 Å². The quantitative estimate of drug-likeness (QED) is 0.871. The van der Waals surface area contributed by atoms with Crippen LogP contribution in [-0.2, 0) is 6.42 Å². The van der Waals surface area contributed by atoms with Crippen molar-refractivity contribution in [1.82, 2.24) is 0 Å². The molecular weight excluding hydrogens is 229 g/mol. The first kappa shape index (κ1) is 13.3.